The summed E-state index contributed by atoms with van der Waals surface area (Å²) in [6.07, 6.45) is 0. The molecule has 11 heteroatoms. The number of phenolic OH excluding ortho intramolecular Hbond substituents is 1. The topological polar surface area (TPSA) is 136 Å². The minimum atomic E-state index is -1.35. The summed E-state index contributed by atoms with van der Waals surface area (Å²) in [7, 11) is 0. The zero-order chi connectivity index (χ0) is 26.4. The lowest BCUT2D eigenvalue weighted by Gasteiger charge is -2.24. The lowest BCUT2D eigenvalue weighted by molar-refractivity contribution is -0.139. The summed E-state index contributed by atoms with van der Waals surface area (Å²) in [5.74, 6) is -4.53. The van der Waals surface area contributed by atoms with E-state index in [9.17, 15) is 33.8 Å². The van der Waals surface area contributed by atoms with Crippen molar-refractivity contribution >= 4 is 35.3 Å². The van der Waals surface area contributed by atoms with E-state index in [0.717, 1.165) is 12.1 Å². The molecule has 0 fully saturated rings. The number of amides is 3. The van der Waals surface area contributed by atoms with Crippen molar-refractivity contribution in [2.75, 3.05) is 0 Å². The number of phenols is 1. The molecule has 186 valence electrons. The van der Waals surface area contributed by atoms with Crippen LogP contribution in [0.1, 0.15) is 43.6 Å². The Morgan fingerprint density at radius 3 is 2.33 bits per heavy atom. The minimum Gasteiger partial charge on any atom is -0.508 e. The number of halogens is 2. The molecule has 0 unspecified atom stereocenters. The number of carboxylic acids is 1. The molecular weight excluding hydrogens is 493 g/mol. The second-order valence-electron chi connectivity index (χ2n) is 7.69. The summed E-state index contributed by atoms with van der Waals surface area (Å²) in [4.78, 5) is 50.0. The van der Waals surface area contributed by atoms with Gasteiger partial charge in [-0.25, -0.2) is 14.8 Å². The molecule has 0 saturated carbocycles. The van der Waals surface area contributed by atoms with E-state index >= 15 is 0 Å². The standard InChI is InChI=1S/C25H21ClFN3O6/c1-14(25(35)36)29-30(23(33)17-5-3-6-18(27)11-17)24(34)20-9-8-16(12-21(20)26)22(32)28-13-15-4-2-7-19(31)10-15/h2-12,14,29,31H,13H2,1H3,(H,28,32)(H,35,36)/t14-/m0/s1. The normalized spacial score (nSPS) is 11.4. The average Bonchev–Trinajstić information content (AvgIpc) is 2.84. The summed E-state index contributed by atoms with van der Waals surface area (Å²) in [5.41, 5.74) is 2.67. The van der Waals surface area contributed by atoms with Gasteiger partial charge in [0, 0.05) is 17.7 Å². The van der Waals surface area contributed by atoms with Crippen molar-refractivity contribution in [3.63, 3.8) is 0 Å². The van der Waals surface area contributed by atoms with E-state index in [0.29, 0.717) is 10.6 Å². The van der Waals surface area contributed by atoms with Crippen LogP contribution in [0.15, 0.2) is 66.7 Å². The number of carbonyl (C=O) groups is 4. The first kappa shape index (κ1) is 26.3. The van der Waals surface area contributed by atoms with Gasteiger partial charge < -0.3 is 15.5 Å². The van der Waals surface area contributed by atoms with Crippen molar-refractivity contribution in [2.24, 2.45) is 0 Å². The third-order valence-electron chi connectivity index (χ3n) is 5.00. The van der Waals surface area contributed by atoms with Gasteiger partial charge in [-0.2, -0.15) is 0 Å². The van der Waals surface area contributed by atoms with Gasteiger partial charge in [0.2, 0.25) is 0 Å². The van der Waals surface area contributed by atoms with Crippen LogP contribution in [0.25, 0.3) is 0 Å². The number of rotatable bonds is 8. The first-order valence-corrected chi connectivity index (χ1v) is 10.9. The molecule has 0 bridgehead atoms. The van der Waals surface area contributed by atoms with Crippen LogP contribution < -0.4 is 10.7 Å². The van der Waals surface area contributed by atoms with Gasteiger partial charge in [-0.3, -0.25) is 19.2 Å². The number of hydrogen-bond acceptors (Lipinski definition) is 6. The van der Waals surface area contributed by atoms with Gasteiger partial charge in [0.1, 0.15) is 17.6 Å². The SMILES string of the molecule is C[C@H](NN(C(=O)c1cccc(F)c1)C(=O)c1ccc(C(=O)NCc2cccc(O)c2)cc1Cl)C(=O)O. The summed E-state index contributed by atoms with van der Waals surface area (Å²) in [6, 6.07) is 13.3. The molecule has 0 radical (unpaired) electrons. The molecule has 3 rings (SSSR count). The van der Waals surface area contributed by atoms with E-state index in [4.69, 9.17) is 11.6 Å². The second kappa shape index (κ2) is 11.4. The highest BCUT2D eigenvalue weighted by molar-refractivity contribution is 6.34. The number of nitrogens with zero attached hydrogens (tertiary/aromatic N) is 1. The molecule has 3 aromatic rings. The van der Waals surface area contributed by atoms with Crippen LogP contribution >= 0.6 is 11.6 Å². The summed E-state index contributed by atoms with van der Waals surface area (Å²) >= 11 is 6.25. The van der Waals surface area contributed by atoms with E-state index in [1.54, 1.807) is 12.1 Å². The number of hydrazine groups is 1. The molecule has 0 aliphatic rings. The number of benzene rings is 3. The summed E-state index contributed by atoms with van der Waals surface area (Å²) in [6.45, 7) is 1.33. The number of hydrogen-bond donors (Lipinski definition) is 4. The Bertz CT molecular complexity index is 1330. The largest absolute Gasteiger partial charge is 0.508 e. The van der Waals surface area contributed by atoms with Crippen molar-refractivity contribution in [2.45, 2.75) is 19.5 Å². The molecule has 0 aliphatic carbocycles. The maximum Gasteiger partial charge on any atom is 0.322 e. The van der Waals surface area contributed by atoms with Crippen molar-refractivity contribution in [3.05, 3.63) is 99.8 Å². The van der Waals surface area contributed by atoms with Gasteiger partial charge in [0.15, 0.2) is 0 Å². The molecule has 36 heavy (non-hydrogen) atoms. The molecule has 1 atom stereocenters. The Morgan fingerprint density at radius 1 is 0.972 bits per heavy atom. The lowest BCUT2D eigenvalue weighted by atomic mass is 10.1. The van der Waals surface area contributed by atoms with Crippen LogP contribution in [0.5, 0.6) is 5.75 Å². The minimum absolute atomic E-state index is 0.0517. The van der Waals surface area contributed by atoms with Crippen LogP contribution in [-0.2, 0) is 11.3 Å². The molecule has 0 spiro atoms. The average molecular weight is 514 g/mol. The molecule has 0 aliphatic heterocycles. The molecule has 4 N–H and O–H groups in total. The van der Waals surface area contributed by atoms with Crippen LogP contribution in [0.4, 0.5) is 4.39 Å². The Balaban J connectivity index is 1.83. The molecule has 9 nitrogen and oxygen atoms in total. The molecule has 3 amide bonds. The van der Waals surface area contributed by atoms with Gasteiger partial charge in [-0.1, -0.05) is 29.8 Å². The maximum atomic E-state index is 13.6. The van der Waals surface area contributed by atoms with E-state index in [1.807, 2.05) is 0 Å². The Morgan fingerprint density at radius 2 is 1.69 bits per heavy atom. The second-order valence-corrected chi connectivity index (χ2v) is 8.10. The molecule has 3 aromatic carbocycles. The van der Waals surface area contributed by atoms with E-state index in [-0.39, 0.29) is 34.0 Å². The fraction of sp³-hybridized carbons (Fsp3) is 0.120. The molecule has 0 aromatic heterocycles. The monoisotopic (exact) mass is 513 g/mol. The van der Waals surface area contributed by atoms with E-state index in [1.165, 1.54) is 49.4 Å². The Kier molecular flexibility index (Phi) is 8.36. The Hall–Kier alpha value is -4.28. The number of carboxylic acid groups (broad SMARTS) is 1. The predicted molar refractivity (Wildman–Crippen MR) is 128 cm³/mol. The highest BCUT2D eigenvalue weighted by atomic mass is 35.5. The predicted octanol–water partition coefficient (Wildman–Crippen LogP) is 3.38. The first-order chi connectivity index (χ1) is 17.1. The van der Waals surface area contributed by atoms with Gasteiger partial charge in [0.05, 0.1) is 10.6 Å². The first-order valence-electron chi connectivity index (χ1n) is 10.6. The third-order valence-corrected chi connectivity index (χ3v) is 5.31. The summed E-state index contributed by atoms with van der Waals surface area (Å²) in [5, 5.41) is 21.7. The van der Waals surface area contributed by atoms with Crippen LogP contribution in [0, 0.1) is 5.82 Å². The van der Waals surface area contributed by atoms with Gasteiger partial charge in [0.25, 0.3) is 17.7 Å². The van der Waals surface area contributed by atoms with Gasteiger partial charge >= 0.3 is 5.97 Å². The fourth-order valence-corrected chi connectivity index (χ4v) is 3.37. The van der Waals surface area contributed by atoms with Crippen molar-refractivity contribution < 1.29 is 33.8 Å². The zero-order valence-electron chi connectivity index (χ0n) is 18.9. The molecule has 0 saturated heterocycles. The smallest absolute Gasteiger partial charge is 0.322 e. The highest BCUT2D eigenvalue weighted by Gasteiger charge is 2.29. The molecule has 0 heterocycles. The number of nitrogens with one attached hydrogen (secondary N) is 2. The lowest BCUT2D eigenvalue weighted by Crippen LogP contribution is -2.53. The van der Waals surface area contributed by atoms with Gasteiger partial charge in [-0.15, -0.1) is 0 Å². The highest BCUT2D eigenvalue weighted by Crippen LogP contribution is 2.21. The quantitative estimate of drug-likeness (QED) is 0.268. The molecular formula is C25H21ClFN3O6. The maximum absolute atomic E-state index is 13.6. The zero-order valence-corrected chi connectivity index (χ0v) is 19.6. The third kappa shape index (κ3) is 6.44. The van der Waals surface area contributed by atoms with Crippen LogP contribution in [0.2, 0.25) is 5.02 Å². The number of aromatic hydroxyl groups is 1. The van der Waals surface area contributed by atoms with Crippen molar-refractivity contribution in [3.8, 4) is 5.75 Å². The summed E-state index contributed by atoms with van der Waals surface area (Å²) < 4.78 is 13.6. The number of aliphatic carboxylic acids is 1. The Labute approximate surface area is 210 Å². The van der Waals surface area contributed by atoms with Crippen molar-refractivity contribution in [1.82, 2.24) is 15.8 Å². The van der Waals surface area contributed by atoms with Crippen molar-refractivity contribution in [1.29, 1.82) is 0 Å². The van der Waals surface area contributed by atoms with Gasteiger partial charge in [-0.05, 0) is 61.0 Å². The van der Waals surface area contributed by atoms with Crippen LogP contribution in [0.3, 0.4) is 0 Å². The van der Waals surface area contributed by atoms with E-state index < -0.39 is 35.5 Å². The van der Waals surface area contributed by atoms with Crippen LogP contribution in [-0.4, -0.2) is 45.0 Å². The number of imide groups is 1. The fourth-order valence-electron chi connectivity index (χ4n) is 3.11. The number of carbonyl (C=O) groups excluding carboxylic acids is 3. The van der Waals surface area contributed by atoms with E-state index in [2.05, 4.69) is 10.7 Å².